The first-order chi connectivity index (χ1) is 12.3. The predicted octanol–water partition coefficient (Wildman–Crippen LogP) is 6.06. The minimum absolute atomic E-state index is 0.250. The zero-order valence-electron chi connectivity index (χ0n) is 13.5. The van der Waals surface area contributed by atoms with Gasteiger partial charge in [0.1, 0.15) is 5.82 Å². The summed E-state index contributed by atoms with van der Waals surface area (Å²) in [5.41, 5.74) is 3.33. The molecule has 1 heterocycles. The lowest BCUT2D eigenvalue weighted by Gasteiger charge is -2.14. The number of nitrogens with one attached hydrogen (secondary N) is 1. The van der Waals surface area contributed by atoms with Gasteiger partial charge in [0.05, 0.1) is 5.52 Å². The molecule has 0 amide bonds. The molecule has 5 rings (SSSR count). The van der Waals surface area contributed by atoms with Gasteiger partial charge in [0.25, 0.3) is 0 Å². The van der Waals surface area contributed by atoms with E-state index in [0.29, 0.717) is 5.92 Å². The maximum atomic E-state index is 6.12. The number of anilines is 2. The van der Waals surface area contributed by atoms with E-state index in [-0.39, 0.29) is 5.28 Å². The van der Waals surface area contributed by atoms with E-state index in [9.17, 15) is 0 Å². The molecule has 3 aromatic carbocycles. The highest BCUT2D eigenvalue weighted by molar-refractivity contribution is 6.28. The molecule has 1 aliphatic carbocycles. The highest BCUT2D eigenvalue weighted by atomic mass is 35.5. The molecule has 4 heteroatoms. The summed E-state index contributed by atoms with van der Waals surface area (Å²) in [4.78, 5) is 8.72. The Bertz CT molecular complexity index is 1100. The van der Waals surface area contributed by atoms with Gasteiger partial charge >= 0.3 is 0 Å². The predicted molar refractivity (Wildman–Crippen MR) is 104 cm³/mol. The Morgan fingerprint density at radius 3 is 2.32 bits per heavy atom. The van der Waals surface area contributed by atoms with Crippen LogP contribution in [0.3, 0.4) is 0 Å². The van der Waals surface area contributed by atoms with Crippen molar-refractivity contribution in [3.05, 3.63) is 71.5 Å². The lowest BCUT2D eigenvalue weighted by Crippen LogP contribution is -1.98. The first-order valence-electron chi connectivity index (χ1n) is 8.50. The molecule has 1 aliphatic rings. The molecule has 0 spiro atoms. The molecule has 0 atom stereocenters. The maximum absolute atomic E-state index is 6.12. The van der Waals surface area contributed by atoms with Crippen molar-refractivity contribution in [2.24, 2.45) is 0 Å². The third-order valence-corrected chi connectivity index (χ3v) is 4.97. The van der Waals surface area contributed by atoms with Gasteiger partial charge in [0, 0.05) is 16.5 Å². The number of rotatable bonds is 3. The van der Waals surface area contributed by atoms with Crippen molar-refractivity contribution in [2.45, 2.75) is 18.8 Å². The van der Waals surface area contributed by atoms with Gasteiger partial charge in [-0.15, -0.1) is 0 Å². The summed E-state index contributed by atoms with van der Waals surface area (Å²) in [6.07, 6.45) is 2.59. The molecule has 25 heavy (non-hydrogen) atoms. The Morgan fingerprint density at radius 1 is 0.800 bits per heavy atom. The topological polar surface area (TPSA) is 37.8 Å². The lowest BCUT2D eigenvalue weighted by atomic mass is 9.99. The fourth-order valence-electron chi connectivity index (χ4n) is 3.45. The second-order valence-corrected chi connectivity index (χ2v) is 6.84. The fourth-order valence-corrected chi connectivity index (χ4v) is 3.63. The molecule has 122 valence electrons. The van der Waals surface area contributed by atoms with Crippen LogP contribution in [0.4, 0.5) is 11.5 Å². The van der Waals surface area contributed by atoms with Crippen molar-refractivity contribution in [2.75, 3.05) is 5.32 Å². The average Bonchev–Trinajstić information content (AvgIpc) is 3.47. The molecular weight excluding hydrogens is 330 g/mol. The van der Waals surface area contributed by atoms with Crippen LogP contribution in [0.25, 0.3) is 21.7 Å². The maximum Gasteiger partial charge on any atom is 0.224 e. The minimum Gasteiger partial charge on any atom is -0.339 e. The van der Waals surface area contributed by atoms with Crippen LogP contribution in [0.2, 0.25) is 5.28 Å². The third kappa shape index (κ3) is 2.61. The summed E-state index contributed by atoms with van der Waals surface area (Å²) in [7, 11) is 0. The van der Waals surface area contributed by atoms with Crippen LogP contribution >= 0.6 is 11.6 Å². The number of hydrogen-bond donors (Lipinski definition) is 1. The largest absolute Gasteiger partial charge is 0.339 e. The normalized spacial score (nSPS) is 14.1. The number of aromatic nitrogens is 2. The van der Waals surface area contributed by atoms with Gasteiger partial charge in [-0.05, 0) is 59.5 Å². The zero-order valence-corrected chi connectivity index (χ0v) is 14.3. The monoisotopic (exact) mass is 345 g/mol. The minimum atomic E-state index is 0.250. The highest BCUT2D eigenvalue weighted by Gasteiger charge is 2.25. The SMILES string of the molecule is Clc1nc(Nc2ccc(C3CC3)c3ccccc23)c2ccccc2n1. The van der Waals surface area contributed by atoms with Gasteiger partial charge in [-0.1, -0.05) is 42.5 Å². The van der Waals surface area contributed by atoms with E-state index in [4.69, 9.17) is 11.6 Å². The quantitative estimate of drug-likeness (QED) is 0.459. The number of benzene rings is 3. The lowest BCUT2D eigenvalue weighted by molar-refractivity contribution is 1.15. The summed E-state index contributed by atoms with van der Waals surface area (Å²) in [6, 6.07) is 20.8. The van der Waals surface area contributed by atoms with E-state index in [2.05, 4.69) is 51.7 Å². The molecular formula is C21H16ClN3. The number of hydrogen-bond acceptors (Lipinski definition) is 3. The Morgan fingerprint density at radius 2 is 1.52 bits per heavy atom. The van der Waals surface area contributed by atoms with Gasteiger partial charge in [0.15, 0.2) is 0 Å². The molecule has 3 nitrogen and oxygen atoms in total. The van der Waals surface area contributed by atoms with Gasteiger partial charge in [-0.25, -0.2) is 4.98 Å². The molecule has 0 unspecified atom stereocenters. The second-order valence-electron chi connectivity index (χ2n) is 6.51. The number of nitrogens with zero attached hydrogens (tertiary/aromatic N) is 2. The first kappa shape index (κ1) is 14.7. The van der Waals surface area contributed by atoms with E-state index in [1.54, 1.807) is 0 Å². The van der Waals surface area contributed by atoms with E-state index in [0.717, 1.165) is 22.4 Å². The molecule has 1 aromatic heterocycles. The Labute approximate surface area is 150 Å². The molecule has 1 saturated carbocycles. The van der Waals surface area contributed by atoms with Crippen molar-refractivity contribution >= 4 is 44.8 Å². The molecule has 1 fully saturated rings. The van der Waals surface area contributed by atoms with Crippen LogP contribution in [-0.2, 0) is 0 Å². The van der Waals surface area contributed by atoms with Crippen molar-refractivity contribution < 1.29 is 0 Å². The second kappa shape index (κ2) is 5.71. The first-order valence-corrected chi connectivity index (χ1v) is 8.88. The summed E-state index contributed by atoms with van der Waals surface area (Å²) in [5, 5.41) is 7.22. The van der Waals surface area contributed by atoms with Crippen molar-refractivity contribution in [1.82, 2.24) is 9.97 Å². The smallest absolute Gasteiger partial charge is 0.224 e. The molecule has 1 N–H and O–H groups in total. The van der Waals surface area contributed by atoms with Gasteiger partial charge in [-0.3, -0.25) is 0 Å². The van der Waals surface area contributed by atoms with Crippen molar-refractivity contribution in [3.63, 3.8) is 0 Å². The Balaban J connectivity index is 1.67. The summed E-state index contributed by atoms with van der Waals surface area (Å²) in [6.45, 7) is 0. The van der Waals surface area contributed by atoms with Crippen LogP contribution in [0.5, 0.6) is 0 Å². The van der Waals surface area contributed by atoms with Gasteiger partial charge in [-0.2, -0.15) is 4.98 Å². The van der Waals surface area contributed by atoms with Crippen molar-refractivity contribution in [3.8, 4) is 0 Å². The summed E-state index contributed by atoms with van der Waals surface area (Å²) < 4.78 is 0. The standard InChI is InChI=1S/C21H16ClN3/c22-21-24-18-8-4-3-7-17(18)20(25-21)23-19-12-11-14(13-9-10-13)15-5-1-2-6-16(15)19/h1-8,11-13H,9-10H2,(H,23,24,25). The number of halogens is 1. The Hall–Kier alpha value is -2.65. The van der Waals surface area contributed by atoms with E-state index in [1.807, 2.05) is 24.3 Å². The number of para-hydroxylation sites is 1. The zero-order chi connectivity index (χ0) is 16.8. The molecule has 0 saturated heterocycles. The van der Waals surface area contributed by atoms with Gasteiger partial charge in [0.2, 0.25) is 5.28 Å². The molecule has 4 aromatic rings. The van der Waals surface area contributed by atoms with E-state index >= 15 is 0 Å². The molecule has 0 bridgehead atoms. The van der Waals surface area contributed by atoms with Crippen LogP contribution in [0.1, 0.15) is 24.3 Å². The van der Waals surface area contributed by atoms with Crippen LogP contribution in [-0.4, -0.2) is 9.97 Å². The van der Waals surface area contributed by atoms with E-state index < -0.39 is 0 Å². The van der Waals surface area contributed by atoms with Crippen LogP contribution < -0.4 is 5.32 Å². The fraction of sp³-hybridized carbons (Fsp3) is 0.143. The van der Waals surface area contributed by atoms with Crippen molar-refractivity contribution in [1.29, 1.82) is 0 Å². The summed E-state index contributed by atoms with van der Waals surface area (Å²) in [5.74, 6) is 1.45. The van der Waals surface area contributed by atoms with E-state index in [1.165, 1.54) is 29.2 Å². The van der Waals surface area contributed by atoms with Gasteiger partial charge < -0.3 is 5.32 Å². The average molecular weight is 346 g/mol. The van der Waals surface area contributed by atoms with Crippen LogP contribution in [0.15, 0.2) is 60.7 Å². The third-order valence-electron chi connectivity index (χ3n) is 4.80. The molecule has 0 aliphatic heterocycles. The summed E-state index contributed by atoms with van der Waals surface area (Å²) >= 11 is 6.12. The van der Waals surface area contributed by atoms with Crippen LogP contribution in [0, 0.1) is 0 Å². The highest BCUT2D eigenvalue weighted by Crippen LogP contribution is 2.44. The number of fused-ring (bicyclic) bond motifs is 2. The Kier molecular flexibility index (Phi) is 3.35. The molecule has 0 radical (unpaired) electrons.